The lowest BCUT2D eigenvalue weighted by Crippen LogP contribution is -2.13. The van der Waals surface area contributed by atoms with Crippen molar-refractivity contribution in [1.82, 2.24) is 0 Å². The second kappa shape index (κ2) is 7.85. The van der Waals surface area contributed by atoms with Crippen LogP contribution in [0.4, 0.5) is 5.69 Å². The molecule has 0 atom stereocenters. The van der Waals surface area contributed by atoms with E-state index in [-0.39, 0.29) is 5.57 Å². The molecule has 0 bridgehead atoms. The molecule has 5 heteroatoms. The number of ether oxygens (including phenoxy) is 1. The Morgan fingerprint density at radius 3 is 2.65 bits per heavy atom. The van der Waals surface area contributed by atoms with Crippen molar-refractivity contribution in [1.29, 1.82) is 5.26 Å². The molecule has 0 heterocycles. The standard InChI is InChI=1S/C21H15BrN2O2/c1-26-20-10-9-14(12-18(20)22)11-16(13-23)21(25)24-19-8-4-6-15-5-2-3-7-17(15)19/h2-12H,1H3,(H,24,25)/b16-11-. The molecule has 26 heavy (non-hydrogen) atoms. The highest BCUT2D eigenvalue weighted by Gasteiger charge is 2.11. The Balaban J connectivity index is 1.89. The van der Waals surface area contributed by atoms with E-state index in [1.54, 1.807) is 31.4 Å². The molecule has 4 nitrogen and oxygen atoms in total. The summed E-state index contributed by atoms with van der Waals surface area (Å²) < 4.78 is 5.94. The first-order valence-electron chi connectivity index (χ1n) is 7.87. The predicted molar refractivity (Wildman–Crippen MR) is 107 cm³/mol. The maximum Gasteiger partial charge on any atom is 0.266 e. The number of halogens is 1. The van der Waals surface area contributed by atoms with Crippen molar-refractivity contribution in [3.8, 4) is 11.8 Å². The highest BCUT2D eigenvalue weighted by molar-refractivity contribution is 9.10. The van der Waals surface area contributed by atoms with Crippen LogP contribution in [0.15, 0.2) is 70.7 Å². The lowest BCUT2D eigenvalue weighted by atomic mass is 10.1. The number of methoxy groups -OCH3 is 1. The van der Waals surface area contributed by atoms with E-state index in [1.807, 2.05) is 48.5 Å². The normalized spacial score (nSPS) is 11.0. The van der Waals surface area contributed by atoms with E-state index in [9.17, 15) is 10.1 Å². The SMILES string of the molecule is COc1ccc(/C=C(/C#N)C(=O)Nc2cccc3ccccc23)cc1Br. The molecule has 0 saturated heterocycles. The molecule has 0 aromatic heterocycles. The smallest absolute Gasteiger partial charge is 0.266 e. The van der Waals surface area contributed by atoms with Crippen LogP contribution in [0.25, 0.3) is 16.8 Å². The number of anilines is 1. The molecular weight excluding hydrogens is 392 g/mol. The van der Waals surface area contributed by atoms with Crippen molar-refractivity contribution in [3.63, 3.8) is 0 Å². The number of carbonyl (C=O) groups is 1. The van der Waals surface area contributed by atoms with Crippen LogP contribution in [0, 0.1) is 11.3 Å². The van der Waals surface area contributed by atoms with Crippen LogP contribution in [-0.2, 0) is 4.79 Å². The zero-order valence-electron chi connectivity index (χ0n) is 14.0. The highest BCUT2D eigenvalue weighted by Crippen LogP contribution is 2.27. The molecule has 1 amide bonds. The monoisotopic (exact) mass is 406 g/mol. The molecule has 1 N–H and O–H groups in total. The van der Waals surface area contributed by atoms with Crippen LogP contribution in [0.5, 0.6) is 5.75 Å². The van der Waals surface area contributed by atoms with E-state index in [4.69, 9.17) is 4.74 Å². The molecule has 3 aromatic rings. The van der Waals surface area contributed by atoms with Gasteiger partial charge in [-0.25, -0.2) is 0 Å². The van der Waals surface area contributed by atoms with Gasteiger partial charge in [-0.2, -0.15) is 5.26 Å². The third-order valence-electron chi connectivity index (χ3n) is 3.89. The summed E-state index contributed by atoms with van der Waals surface area (Å²) >= 11 is 3.40. The molecule has 3 aromatic carbocycles. The van der Waals surface area contributed by atoms with Crippen LogP contribution in [0.2, 0.25) is 0 Å². The number of rotatable bonds is 4. The Labute approximate surface area is 159 Å². The lowest BCUT2D eigenvalue weighted by molar-refractivity contribution is -0.112. The average Bonchev–Trinajstić information content (AvgIpc) is 2.66. The van der Waals surface area contributed by atoms with E-state index < -0.39 is 5.91 Å². The van der Waals surface area contributed by atoms with Gasteiger partial charge in [-0.3, -0.25) is 4.79 Å². The van der Waals surface area contributed by atoms with Crippen LogP contribution in [-0.4, -0.2) is 13.0 Å². The molecule has 0 saturated carbocycles. The summed E-state index contributed by atoms with van der Waals surface area (Å²) in [6.07, 6.45) is 1.55. The third kappa shape index (κ3) is 3.76. The van der Waals surface area contributed by atoms with E-state index in [0.717, 1.165) is 20.8 Å². The molecular formula is C21H15BrN2O2. The summed E-state index contributed by atoms with van der Waals surface area (Å²) in [6, 6.07) is 20.7. The maximum atomic E-state index is 12.6. The molecule has 128 valence electrons. The lowest BCUT2D eigenvalue weighted by Gasteiger charge is -2.08. The van der Waals surface area contributed by atoms with Gasteiger partial charge >= 0.3 is 0 Å². The minimum absolute atomic E-state index is 0.0231. The Hall–Kier alpha value is -3.10. The fraction of sp³-hybridized carbons (Fsp3) is 0.0476. The number of hydrogen-bond donors (Lipinski definition) is 1. The van der Waals surface area contributed by atoms with Crippen molar-refractivity contribution >= 4 is 44.4 Å². The Morgan fingerprint density at radius 2 is 1.92 bits per heavy atom. The minimum Gasteiger partial charge on any atom is -0.496 e. The first-order chi connectivity index (χ1) is 12.6. The summed E-state index contributed by atoms with van der Waals surface area (Å²) in [5.74, 6) is 0.233. The van der Waals surface area contributed by atoms with Gasteiger partial charge in [0, 0.05) is 11.1 Å². The van der Waals surface area contributed by atoms with Crippen molar-refractivity contribution in [2.45, 2.75) is 0 Å². The minimum atomic E-state index is -0.448. The van der Waals surface area contributed by atoms with Crippen molar-refractivity contribution in [2.24, 2.45) is 0 Å². The van der Waals surface area contributed by atoms with Gasteiger partial charge < -0.3 is 10.1 Å². The molecule has 0 aliphatic heterocycles. The van der Waals surface area contributed by atoms with E-state index in [0.29, 0.717) is 11.4 Å². The Bertz CT molecular complexity index is 1050. The molecule has 0 fully saturated rings. The Kier molecular flexibility index (Phi) is 5.35. The molecule has 0 radical (unpaired) electrons. The Morgan fingerprint density at radius 1 is 1.15 bits per heavy atom. The van der Waals surface area contributed by atoms with Crippen molar-refractivity contribution < 1.29 is 9.53 Å². The zero-order chi connectivity index (χ0) is 18.5. The first kappa shape index (κ1) is 17.7. The van der Waals surface area contributed by atoms with E-state index >= 15 is 0 Å². The second-order valence-electron chi connectivity index (χ2n) is 5.54. The number of fused-ring (bicyclic) bond motifs is 1. The van der Waals surface area contributed by atoms with Gasteiger partial charge in [0.25, 0.3) is 5.91 Å². The summed E-state index contributed by atoms with van der Waals surface area (Å²) in [4.78, 5) is 12.6. The van der Waals surface area contributed by atoms with Gasteiger partial charge in [0.1, 0.15) is 17.4 Å². The van der Waals surface area contributed by atoms with Gasteiger partial charge in [-0.15, -0.1) is 0 Å². The molecule has 0 spiro atoms. The van der Waals surface area contributed by atoms with Gasteiger partial charge in [-0.05, 0) is 51.2 Å². The molecule has 0 unspecified atom stereocenters. The summed E-state index contributed by atoms with van der Waals surface area (Å²) in [6.45, 7) is 0. The van der Waals surface area contributed by atoms with Gasteiger partial charge in [0.2, 0.25) is 0 Å². The fourth-order valence-electron chi connectivity index (χ4n) is 2.61. The van der Waals surface area contributed by atoms with Crippen LogP contribution in [0.1, 0.15) is 5.56 Å². The number of nitriles is 1. The number of nitrogens with zero attached hydrogens (tertiary/aromatic N) is 1. The fourth-order valence-corrected chi connectivity index (χ4v) is 3.17. The molecule has 3 rings (SSSR count). The molecule has 0 aliphatic rings. The second-order valence-corrected chi connectivity index (χ2v) is 6.40. The van der Waals surface area contributed by atoms with Crippen molar-refractivity contribution in [2.75, 3.05) is 12.4 Å². The van der Waals surface area contributed by atoms with Gasteiger partial charge in [0.05, 0.1) is 11.6 Å². The number of nitrogens with one attached hydrogen (secondary N) is 1. The number of amides is 1. The summed E-state index contributed by atoms with van der Waals surface area (Å²) in [5.41, 5.74) is 1.42. The number of benzene rings is 3. The highest BCUT2D eigenvalue weighted by atomic mass is 79.9. The number of hydrogen-bond acceptors (Lipinski definition) is 3. The van der Waals surface area contributed by atoms with E-state index in [2.05, 4.69) is 21.2 Å². The summed E-state index contributed by atoms with van der Waals surface area (Å²) in [5, 5.41) is 14.2. The van der Waals surface area contributed by atoms with Crippen molar-refractivity contribution in [3.05, 3.63) is 76.3 Å². The zero-order valence-corrected chi connectivity index (χ0v) is 15.6. The summed E-state index contributed by atoms with van der Waals surface area (Å²) in [7, 11) is 1.58. The van der Waals surface area contributed by atoms with Crippen LogP contribution >= 0.6 is 15.9 Å². The van der Waals surface area contributed by atoms with Crippen LogP contribution < -0.4 is 10.1 Å². The molecule has 0 aliphatic carbocycles. The predicted octanol–water partition coefficient (Wildman–Crippen LogP) is 5.16. The topological polar surface area (TPSA) is 62.1 Å². The quantitative estimate of drug-likeness (QED) is 0.480. The van der Waals surface area contributed by atoms with Crippen LogP contribution in [0.3, 0.4) is 0 Å². The number of carbonyl (C=O) groups excluding carboxylic acids is 1. The first-order valence-corrected chi connectivity index (χ1v) is 8.66. The maximum absolute atomic E-state index is 12.6. The average molecular weight is 407 g/mol. The van der Waals surface area contributed by atoms with Gasteiger partial charge in [0.15, 0.2) is 0 Å². The third-order valence-corrected chi connectivity index (χ3v) is 4.51. The largest absolute Gasteiger partial charge is 0.496 e. The van der Waals surface area contributed by atoms with E-state index in [1.165, 1.54) is 0 Å². The van der Waals surface area contributed by atoms with Gasteiger partial charge in [-0.1, -0.05) is 42.5 Å².